The zero-order valence-corrected chi connectivity index (χ0v) is 7.57. The second-order valence-electron chi connectivity index (χ2n) is 2.98. The van der Waals surface area contributed by atoms with Crippen molar-refractivity contribution < 1.29 is 0 Å². The first-order valence-electron chi connectivity index (χ1n) is 4.29. The van der Waals surface area contributed by atoms with E-state index >= 15 is 0 Å². The van der Waals surface area contributed by atoms with Gasteiger partial charge >= 0.3 is 0 Å². The van der Waals surface area contributed by atoms with Crippen LogP contribution in [0.4, 0.5) is 0 Å². The highest BCUT2D eigenvalue weighted by Gasteiger charge is 2.06. The average molecular weight is 176 g/mol. The number of fused-ring (bicyclic) bond motifs is 1. The molecule has 0 amide bonds. The van der Waals surface area contributed by atoms with Crippen molar-refractivity contribution in [2.45, 2.75) is 6.42 Å². The van der Waals surface area contributed by atoms with Crippen LogP contribution in [0.2, 0.25) is 0 Å². The van der Waals surface area contributed by atoms with Gasteiger partial charge in [0.2, 0.25) is 0 Å². The van der Waals surface area contributed by atoms with E-state index in [2.05, 4.69) is 10.1 Å². The molecule has 2 heterocycles. The van der Waals surface area contributed by atoms with Crippen molar-refractivity contribution in [1.29, 1.82) is 0 Å². The van der Waals surface area contributed by atoms with Gasteiger partial charge < -0.3 is 5.73 Å². The molecule has 0 radical (unpaired) electrons. The Bertz CT molecular complexity index is 418. The standard InChI is InChI=1S/C9H12N4/c1-13-9-7(3-2-6-11-9)8(12-13)4-5-10/h2-3,6H,4-5,10H2,1H3. The van der Waals surface area contributed by atoms with Crippen molar-refractivity contribution >= 4 is 11.0 Å². The summed E-state index contributed by atoms with van der Waals surface area (Å²) in [5.74, 6) is 0. The van der Waals surface area contributed by atoms with Crippen LogP contribution in [-0.2, 0) is 13.5 Å². The maximum absolute atomic E-state index is 5.49. The Kier molecular flexibility index (Phi) is 1.98. The summed E-state index contributed by atoms with van der Waals surface area (Å²) >= 11 is 0. The van der Waals surface area contributed by atoms with Gasteiger partial charge in [-0.1, -0.05) is 0 Å². The summed E-state index contributed by atoms with van der Waals surface area (Å²) in [5.41, 5.74) is 7.45. The van der Waals surface area contributed by atoms with Crippen molar-refractivity contribution in [2.24, 2.45) is 12.8 Å². The Morgan fingerprint density at radius 1 is 1.54 bits per heavy atom. The van der Waals surface area contributed by atoms with E-state index in [0.717, 1.165) is 23.1 Å². The lowest BCUT2D eigenvalue weighted by atomic mass is 10.2. The van der Waals surface area contributed by atoms with Crippen molar-refractivity contribution in [3.8, 4) is 0 Å². The van der Waals surface area contributed by atoms with E-state index in [4.69, 9.17) is 5.73 Å². The van der Waals surface area contributed by atoms with Gasteiger partial charge in [-0.3, -0.25) is 4.68 Å². The number of aryl methyl sites for hydroxylation is 1. The summed E-state index contributed by atoms with van der Waals surface area (Å²) in [7, 11) is 1.90. The largest absolute Gasteiger partial charge is 0.330 e. The van der Waals surface area contributed by atoms with Gasteiger partial charge in [0, 0.05) is 25.1 Å². The maximum atomic E-state index is 5.49. The minimum absolute atomic E-state index is 0.626. The molecule has 0 spiro atoms. The molecule has 2 N–H and O–H groups in total. The predicted octanol–water partition coefficient (Wildman–Crippen LogP) is 0.469. The predicted molar refractivity (Wildman–Crippen MR) is 51.3 cm³/mol. The van der Waals surface area contributed by atoms with E-state index < -0.39 is 0 Å². The smallest absolute Gasteiger partial charge is 0.157 e. The monoisotopic (exact) mass is 176 g/mol. The van der Waals surface area contributed by atoms with Crippen LogP contribution in [0, 0.1) is 0 Å². The van der Waals surface area contributed by atoms with Crippen molar-refractivity contribution in [2.75, 3.05) is 6.54 Å². The molecule has 2 aromatic heterocycles. The Morgan fingerprint density at radius 2 is 2.38 bits per heavy atom. The van der Waals surface area contributed by atoms with Gasteiger partial charge in [0.15, 0.2) is 5.65 Å². The summed E-state index contributed by atoms with van der Waals surface area (Å²) in [6, 6.07) is 3.95. The second-order valence-corrected chi connectivity index (χ2v) is 2.98. The number of aromatic nitrogens is 3. The van der Waals surface area contributed by atoms with Gasteiger partial charge in [0.25, 0.3) is 0 Å². The van der Waals surface area contributed by atoms with Crippen molar-refractivity contribution in [3.63, 3.8) is 0 Å². The van der Waals surface area contributed by atoms with E-state index in [1.165, 1.54) is 0 Å². The molecule has 0 saturated carbocycles. The van der Waals surface area contributed by atoms with Crippen LogP contribution in [-0.4, -0.2) is 21.3 Å². The molecule has 0 aliphatic carbocycles. The molecular weight excluding hydrogens is 164 g/mol. The first-order chi connectivity index (χ1) is 6.33. The third kappa shape index (κ3) is 1.29. The van der Waals surface area contributed by atoms with E-state index in [-0.39, 0.29) is 0 Å². The highest BCUT2D eigenvalue weighted by molar-refractivity contribution is 5.77. The van der Waals surface area contributed by atoms with E-state index in [9.17, 15) is 0 Å². The van der Waals surface area contributed by atoms with Crippen LogP contribution < -0.4 is 5.73 Å². The zero-order valence-electron chi connectivity index (χ0n) is 7.57. The Labute approximate surface area is 76.4 Å². The molecular formula is C9H12N4. The molecule has 0 bridgehead atoms. The number of nitrogens with two attached hydrogens (primary N) is 1. The molecule has 4 nitrogen and oxygen atoms in total. The fraction of sp³-hybridized carbons (Fsp3) is 0.333. The van der Waals surface area contributed by atoms with Gasteiger partial charge in [-0.2, -0.15) is 5.10 Å². The van der Waals surface area contributed by atoms with Crippen molar-refractivity contribution in [3.05, 3.63) is 24.0 Å². The molecule has 0 atom stereocenters. The molecule has 68 valence electrons. The number of pyridine rings is 1. The summed E-state index contributed by atoms with van der Waals surface area (Å²) in [5, 5.41) is 5.46. The van der Waals surface area contributed by atoms with Gasteiger partial charge in [-0.05, 0) is 18.7 Å². The third-order valence-corrected chi connectivity index (χ3v) is 2.06. The summed E-state index contributed by atoms with van der Waals surface area (Å²) in [6.45, 7) is 0.626. The highest BCUT2D eigenvalue weighted by Crippen LogP contribution is 2.14. The Balaban J connectivity index is 2.63. The summed E-state index contributed by atoms with van der Waals surface area (Å²) < 4.78 is 1.79. The molecule has 0 unspecified atom stereocenters. The second kappa shape index (κ2) is 3.14. The first kappa shape index (κ1) is 8.19. The molecule has 0 aliphatic rings. The molecule has 4 heteroatoms. The van der Waals surface area contributed by atoms with Crippen LogP contribution in [0.5, 0.6) is 0 Å². The summed E-state index contributed by atoms with van der Waals surface area (Å²) in [6.07, 6.45) is 2.58. The topological polar surface area (TPSA) is 56.7 Å². The van der Waals surface area contributed by atoms with E-state index in [1.54, 1.807) is 10.9 Å². The lowest BCUT2D eigenvalue weighted by molar-refractivity contribution is 0.753. The highest BCUT2D eigenvalue weighted by atomic mass is 15.3. The Morgan fingerprint density at radius 3 is 3.15 bits per heavy atom. The minimum atomic E-state index is 0.626. The molecule has 13 heavy (non-hydrogen) atoms. The molecule has 0 saturated heterocycles. The van der Waals surface area contributed by atoms with Crippen LogP contribution >= 0.6 is 0 Å². The van der Waals surface area contributed by atoms with Gasteiger partial charge in [-0.15, -0.1) is 0 Å². The zero-order chi connectivity index (χ0) is 9.26. The number of hydrogen-bond acceptors (Lipinski definition) is 3. The molecule has 0 aliphatic heterocycles. The van der Waals surface area contributed by atoms with Gasteiger partial charge in [0.1, 0.15) is 0 Å². The fourth-order valence-corrected chi connectivity index (χ4v) is 1.48. The number of hydrogen-bond donors (Lipinski definition) is 1. The quantitative estimate of drug-likeness (QED) is 0.723. The SMILES string of the molecule is Cn1nc(CCN)c2cccnc21. The first-order valence-corrected chi connectivity index (χ1v) is 4.29. The normalized spacial score (nSPS) is 10.9. The third-order valence-electron chi connectivity index (χ3n) is 2.06. The lowest BCUT2D eigenvalue weighted by Crippen LogP contribution is -2.03. The molecule has 0 aromatic carbocycles. The number of rotatable bonds is 2. The van der Waals surface area contributed by atoms with Crippen LogP contribution in [0.3, 0.4) is 0 Å². The molecule has 2 aromatic rings. The maximum Gasteiger partial charge on any atom is 0.157 e. The van der Waals surface area contributed by atoms with Gasteiger partial charge in [0.05, 0.1) is 5.69 Å². The minimum Gasteiger partial charge on any atom is -0.330 e. The molecule has 0 fully saturated rings. The van der Waals surface area contributed by atoms with Crippen LogP contribution in [0.25, 0.3) is 11.0 Å². The van der Waals surface area contributed by atoms with E-state index in [1.807, 2.05) is 19.2 Å². The van der Waals surface area contributed by atoms with E-state index in [0.29, 0.717) is 6.54 Å². The molecule has 2 rings (SSSR count). The summed E-state index contributed by atoms with van der Waals surface area (Å²) in [4.78, 5) is 4.24. The van der Waals surface area contributed by atoms with Crippen LogP contribution in [0.1, 0.15) is 5.69 Å². The Hall–Kier alpha value is -1.42. The fourth-order valence-electron chi connectivity index (χ4n) is 1.48. The lowest BCUT2D eigenvalue weighted by Gasteiger charge is -1.91. The number of nitrogens with zero attached hydrogens (tertiary/aromatic N) is 3. The van der Waals surface area contributed by atoms with Crippen molar-refractivity contribution in [1.82, 2.24) is 14.8 Å². The van der Waals surface area contributed by atoms with Gasteiger partial charge in [-0.25, -0.2) is 4.98 Å². The van der Waals surface area contributed by atoms with Crippen LogP contribution in [0.15, 0.2) is 18.3 Å². The average Bonchev–Trinajstić information content (AvgIpc) is 2.46.